The molecule has 0 aliphatic rings. The molecular weight excluding hydrogens is 276 g/mol. The van der Waals surface area contributed by atoms with Crippen LogP contribution in [0.3, 0.4) is 0 Å². The average molecular weight is 292 g/mol. The van der Waals surface area contributed by atoms with E-state index in [0.29, 0.717) is 6.42 Å². The topological polar surface area (TPSA) is 36.4 Å². The summed E-state index contributed by atoms with van der Waals surface area (Å²) >= 11 is 3.35. The molecular formula is C14H16N2OS2. The molecule has 0 amide bonds. The summed E-state index contributed by atoms with van der Waals surface area (Å²) in [7, 11) is 2.09. The van der Waals surface area contributed by atoms with E-state index in [1.165, 1.54) is 4.88 Å². The van der Waals surface area contributed by atoms with Crippen molar-refractivity contribution in [2.45, 2.75) is 19.5 Å². The molecule has 2 aromatic heterocycles. The molecule has 3 nitrogen and oxygen atoms in total. The minimum atomic E-state index is 0.121. The van der Waals surface area contributed by atoms with Gasteiger partial charge in [0.05, 0.1) is 17.8 Å². The molecule has 0 atom stereocenters. The van der Waals surface area contributed by atoms with Crippen molar-refractivity contribution in [2.24, 2.45) is 0 Å². The molecule has 0 saturated heterocycles. The molecule has 2 aromatic rings. The van der Waals surface area contributed by atoms with Gasteiger partial charge in [-0.15, -0.1) is 22.7 Å². The van der Waals surface area contributed by atoms with Crippen LogP contribution in [0.4, 0.5) is 0 Å². The van der Waals surface area contributed by atoms with Gasteiger partial charge >= 0.3 is 0 Å². The number of aliphatic hydroxyl groups is 1. The lowest BCUT2D eigenvalue weighted by Gasteiger charge is -2.14. The maximum Gasteiger partial charge on any atom is 0.0795 e. The van der Waals surface area contributed by atoms with Crippen LogP contribution in [0.15, 0.2) is 22.3 Å². The molecule has 0 fully saturated rings. The van der Waals surface area contributed by atoms with Crippen molar-refractivity contribution in [3.05, 3.63) is 38.5 Å². The second kappa shape index (κ2) is 7.41. The zero-order valence-corrected chi connectivity index (χ0v) is 12.4. The van der Waals surface area contributed by atoms with E-state index in [9.17, 15) is 0 Å². The Bertz CT molecular complexity index is 552. The number of hydrogen-bond acceptors (Lipinski definition) is 5. The summed E-state index contributed by atoms with van der Waals surface area (Å²) in [6.07, 6.45) is 0.532. The number of aliphatic hydroxyl groups excluding tert-OH is 1. The molecule has 5 heteroatoms. The van der Waals surface area contributed by atoms with Gasteiger partial charge in [0.2, 0.25) is 0 Å². The van der Waals surface area contributed by atoms with E-state index in [0.717, 1.165) is 24.3 Å². The molecule has 0 aliphatic heterocycles. The lowest BCUT2D eigenvalue weighted by Crippen LogP contribution is -2.17. The third-order valence-corrected chi connectivity index (χ3v) is 4.08. The normalized spacial score (nSPS) is 10.5. The first-order valence-corrected chi connectivity index (χ1v) is 7.83. The first-order valence-electron chi connectivity index (χ1n) is 6.01. The summed E-state index contributed by atoms with van der Waals surface area (Å²) < 4.78 is 0. The lowest BCUT2D eigenvalue weighted by molar-refractivity contribution is 0.305. The summed E-state index contributed by atoms with van der Waals surface area (Å²) in [6.45, 7) is 1.85. The number of thiazole rings is 1. The highest BCUT2D eigenvalue weighted by molar-refractivity contribution is 7.10. The highest BCUT2D eigenvalue weighted by atomic mass is 32.1. The third kappa shape index (κ3) is 4.44. The Morgan fingerprint density at radius 2 is 2.32 bits per heavy atom. The Labute approximate surface area is 121 Å². The maximum atomic E-state index is 8.74. The number of nitrogens with zero attached hydrogens (tertiary/aromatic N) is 2. The van der Waals surface area contributed by atoms with Gasteiger partial charge in [0, 0.05) is 35.3 Å². The van der Waals surface area contributed by atoms with Gasteiger partial charge < -0.3 is 5.11 Å². The Morgan fingerprint density at radius 3 is 3.05 bits per heavy atom. The van der Waals surface area contributed by atoms with E-state index in [-0.39, 0.29) is 6.61 Å². The van der Waals surface area contributed by atoms with Crippen molar-refractivity contribution < 1.29 is 5.11 Å². The van der Waals surface area contributed by atoms with Crippen LogP contribution in [0.1, 0.15) is 22.6 Å². The van der Waals surface area contributed by atoms with Crippen molar-refractivity contribution in [2.75, 3.05) is 13.7 Å². The standard InChI is InChI=1S/C14H16N2OS2/c1-16(8-13-10-18-11-15-13)9-14-12(5-7-19-14)4-2-3-6-17/h5,7,10-11,17H,3,6,8-9H2,1H3. The van der Waals surface area contributed by atoms with E-state index in [1.54, 1.807) is 22.7 Å². The van der Waals surface area contributed by atoms with Crippen molar-refractivity contribution in [3.8, 4) is 11.8 Å². The molecule has 19 heavy (non-hydrogen) atoms. The van der Waals surface area contributed by atoms with Gasteiger partial charge in [-0.25, -0.2) is 4.98 Å². The zero-order valence-electron chi connectivity index (χ0n) is 10.8. The molecule has 0 unspecified atom stereocenters. The lowest BCUT2D eigenvalue weighted by atomic mass is 10.2. The molecule has 100 valence electrons. The maximum absolute atomic E-state index is 8.74. The van der Waals surface area contributed by atoms with Crippen molar-refractivity contribution in [3.63, 3.8) is 0 Å². The molecule has 0 saturated carbocycles. The van der Waals surface area contributed by atoms with Gasteiger partial charge in [0.1, 0.15) is 0 Å². The van der Waals surface area contributed by atoms with Crippen molar-refractivity contribution >= 4 is 22.7 Å². The van der Waals surface area contributed by atoms with E-state index >= 15 is 0 Å². The fourth-order valence-electron chi connectivity index (χ4n) is 1.68. The van der Waals surface area contributed by atoms with Crippen LogP contribution in [0, 0.1) is 11.8 Å². The Kier molecular flexibility index (Phi) is 5.55. The molecule has 0 radical (unpaired) electrons. The second-order valence-corrected chi connectivity index (χ2v) is 5.90. The van der Waals surface area contributed by atoms with Gasteiger partial charge in [0.25, 0.3) is 0 Å². The Hall–Kier alpha value is -1.19. The predicted octanol–water partition coefficient (Wildman–Crippen LogP) is 2.57. The third-order valence-electron chi connectivity index (χ3n) is 2.53. The van der Waals surface area contributed by atoms with E-state index in [1.807, 2.05) is 11.6 Å². The van der Waals surface area contributed by atoms with E-state index in [2.05, 4.69) is 39.5 Å². The number of aromatic nitrogens is 1. The van der Waals surface area contributed by atoms with Gasteiger partial charge in [-0.3, -0.25) is 4.90 Å². The first kappa shape index (κ1) is 14.2. The number of hydrogen-bond donors (Lipinski definition) is 1. The first-order chi connectivity index (χ1) is 9.29. The zero-order chi connectivity index (χ0) is 13.5. The van der Waals surface area contributed by atoms with E-state index < -0.39 is 0 Å². The summed E-state index contributed by atoms with van der Waals surface area (Å²) in [5.74, 6) is 6.09. The van der Waals surface area contributed by atoms with Gasteiger partial charge in [0.15, 0.2) is 0 Å². The van der Waals surface area contributed by atoms with Crippen LogP contribution in [0.2, 0.25) is 0 Å². The predicted molar refractivity (Wildman–Crippen MR) is 80.2 cm³/mol. The molecule has 0 aliphatic carbocycles. The van der Waals surface area contributed by atoms with Crippen LogP contribution >= 0.6 is 22.7 Å². The minimum Gasteiger partial charge on any atom is -0.395 e. The SMILES string of the molecule is CN(Cc1cscn1)Cc1sccc1C#CCCO. The molecule has 2 heterocycles. The highest BCUT2D eigenvalue weighted by Gasteiger charge is 2.07. The summed E-state index contributed by atoms with van der Waals surface area (Å²) in [6, 6.07) is 2.04. The van der Waals surface area contributed by atoms with Gasteiger partial charge in [-0.05, 0) is 18.5 Å². The largest absolute Gasteiger partial charge is 0.395 e. The Morgan fingerprint density at radius 1 is 1.42 bits per heavy atom. The highest BCUT2D eigenvalue weighted by Crippen LogP contribution is 2.18. The minimum absolute atomic E-state index is 0.121. The number of rotatable bonds is 5. The van der Waals surface area contributed by atoms with Crippen LogP contribution in [-0.4, -0.2) is 28.6 Å². The second-order valence-electron chi connectivity index (χ2n) is 4.18. The average Bonchev–Trinajstić information content (AvgIpc) is 3.02. The van der Waals surface area contributed by atoms with Crippen LogP contribution in [0.5, 0.6) is 0 Å². The summed E-state index contributed by atoms with van der Waals surface area (Å²) in [4.78, 5) is 7.79. The monoisotopic (exact) mass is 292 g/mol. The quantitative estimate of drug-likeness (QED) is 0.861. The summed E-state index contributed by atoms with van der Waals surface area (Å²) in [5, 5.41) is 12.9. The fourth-order valence-corrected chi connectivity index (χ4v) is 3.14. The molecule has 2 rings (SSSR count). The Balaban J connectivity index is 1.96. The van der Waals surface area contributed by atoms with Crippen molar-refractivity contribution in [1.29, 1.82) is 0 Å². The summed E-state index contributed by atoms with van der Waals surface area (Å²) in [5.41, 5.74) is 4.04. The van der Waals surface area contributed by atoms with Crippen molar-refractivity contribution in [1.82, 2.24) is 9.88 Å². The smallest absolute Gasteiger partial charge is 0.0795 e. The number of thiophene rings is 1. The fraction of sp³-hybridized carbons (Fsp3) is 0.357. The van der Waals surface area contributed by atoms with E-state index in [4.69, 9.17) is 5.11 Å². The van der Waals surface area contributed by atoms with Crippen LogP contribution in [-0.2, 0) is 13.1 Å². The molecule has 0 spiro atoms. The molecule has 0 bridgehead atoms. The van der Waals surface area contributed by atoms with Gasteiger partial charge in [-0.2, -0.15) is 0 Å². The molecule has 0 aromatic carbocycles. The van der Waals surface area contributed by atoms with Crippen LogP contribution in [0.25, 0.3) is 0 Å². The van der Waals surface area contributed by atoms with Gasteiger partial charge in [-0.1, -0.05) is 11.8 Å². The van der Waals surface area contributed by atoms with Crippen LogP contribution < -0.4 is 0 Å². The molecule has 1 N–H and O–H groups in total.